The van der Waals surface area contributed by atoms with Gasteiger partial charge < -0.3 is 9.47 Å². The van der Waals surface area contributed by atoms with Crippen LogP contribution in [0.3, 0.4) is 0 Å². The average molecular weight is 194 g/mol. The summed E-state index contributed by atoms with van der Waals surface area (Å²) in [6.07, 6.45) is 2.74. The molecular weight excluding hydrogens is 184 g/mol. The van der Waals surface area contributed by atoms with E-state index in [1.807, 2.05) is 0 Å². The van der Waals surface area contributed by atoms with Crippen molar-refractivity contribution in [2.45, 2.75) is 43.7 Å². The van der Waals surface area contributed by atoms with Crippen LogP contribution >= 0.6 is 0 Å². The molecule has 3 rings (SSSR count). The maximum absolute atomic E-state index is 10.8. The number of morpholine rings is 1. The molecule has 3 saturated heterocycles. The van der Waals surface area contributed by atoms with Crippen LogP contribution in [0.25, 0.3) is 0 Å². The summed E-state index contributed by atoms with van der Waals surface area (Å²) in [5.74, 6) is -0.271. The van der Waals surface area contributed by atoms with Crippen LogP contribution in [-0.4, -0.2) is 41.3 Å². The van der Waals surface area contributed by atoms with Gasteiger partial charge in [-0.25, -0.2) is 0 Å². The van der Waals surface area contributed by atoms with E-state index in [2.05, 4.69) is 6.19 Å². The van der Waals surface area contributed by atoms with Crippen molar-refractivity contribution in [2.24, 2.45) is 0 Å². The predicted molar refractivity (Wildman–Crippen MR) is 43.9 cm³/mol. The Bertz CT molecular complexity index is 337. The quantitative estimate of drug-likeness (QED) is 0.323. The second-order valence-corrected chi connectivity index (χ2v) is 4.01. The first-order chi connectivity index (χ1) is 6.72. The van der Waals surface area contributed by atoms with E-state index in [1.54, 1.807) is 4.90 Å². The van der Waals surface area contributed by atoms with Gasteiger partial charge in [-0.15, -0.1) is 0 Å². The Hall–Kier alpha value is -1.28. The summed E-state index contributed by atoms with van der Waals surface area (Å²) >= 11 is 0. The van der Waals surface area contributed by atoms with E-state index in [9.17, 15) is 4.79 Å². The highest BCUT2D eigenvalue weighted by Gasteiger charge is 2.70. The number of hydrogen-bond donors (Lipinski definition) is 0. The first kappa shape index (κ1) is 8.06. The second kappa shape index (κ2) is 2.39. The molecule has 5 heteroatoms. The van der Waals surface area contributed by atoms with Gasteiger partial charge in [0.1, 0.15) is 12.2 Å². The molecule has 0 aromatic heterocycles. The molecule has 0 aromatic rings. The summed E-state index contributed by atoms with van der Waals surface area (Å²) in [5.41, 5.74) is 0. The van der Waals surface area contributed by atoms with Gasteiger partial charge in [-0.1, -0.05) is 0 Å². The number of rotatable bonds is 1. The van der Waals surface area contributed by atoms with Gasteiger partial charge in [-0.3, -0.25) is 9.69 Å². The summed E-state index contributed by atoms with van der Waals surface area (Å²) in [5, 5.41) is 8.76. The zero-order chi connectivity index (χ0) is 9.87. The molecule has 3 fully saturated rings. The van der Waals surface area contributed by atoms with Crippen molar-refractivity contribution in [2.75, 3.05) is 0 Å². The standard InChI is InChI=1S/C9H10N2O3/c1-4(12)13-6-2-5-7-8(9(6)14-5)11(7)3-10/h5-9H,2H2,1H3/t5-,6?,7-,8-,9+,11?/m1/s1. The lowest BCUT2D eigenvalue weighted by molar-refractivity contribution is -0.148. The lowest BCUT2D eigenvalue weighted by Gasteiger charge is -2.16. The van der Waals surface area contributed by atoms with Gasteiger partial charge in [0.05, 0.1) is 18.2 Å². The van der Waals surface area contributed by atoms with Gasteiger partial charge in [-0.2, -0.15) is 5.26 Å². The largest absolute Gasteiger partial charge is 0.460 e. The van der Waals surface area contributed by atoms with Crippen LogP contribution < -0.4 is 0 Å². The molecule has 0 N–H and O–H groups in total. The van der Waals surface area contributed by atoms with Gasteiger partial charge in [0.2, 0.25) is 0 Å². The topological polar surface area (TPSA) is 62.3 Å². The van der Waals surface area contributed by atoms with Gasteiger partial charge in [0.15, 0.2) is 6.19 Å². The molecule has 0 amide bonds. The third kappa shape index (κ3) is 0.840. The lowest BCUT2D eigenvalue weighted by Crippen LogP contribution is -2.33. The van der Waals surface area contributed by atoms with Crippen molar-refractivity contribution in [3.63, 3.8) is 0 Å². The fraction of sp³-hybridized carbons (Fsp3) is 0.778. The number of likely N-dealkylation sites (tertiary alicyclic amines) is 1. The Morgan fingerprint density at radius 3 is 3.07 bits per heavy atom. The maximum Gasteiger partial charge on any atom is 0.302 e. The van der Waals surface area contributed by atoms with Gasteiger partial charge >= 0.3 is 5.97 Å². The molecule has 0 aliphatic carbocycles. The molecule has 74 valence electrons. The van der Waals surface area contributed by atoms with Crippen molar-refractivity contribution in [1.29, 1.82) is 5.26 Å². The fourth-order valence-corrected chi connectivity index (χ4v) is 2.71. The van der Waals surface area contributed by atoms with Crippen LogP contribution in [0.2, 0.25) is 0 Å². The first-order valence-electron chi connectivity index (χ1n) is 4.73. The van der Waals surface area contributed by atoms with E-state index in [-0.39, 0.29) is 36.4 Å². The monoisotopic (exact) mass is 194 g/mol. The molecule has 0 radical (unpaired) electrons. The fourth-order valence-electron chi connectivity index (χ4n) is 2.71. The number of nitriles is 1. The van der Waals surface area contributed by atoms with E-state index in [4.69, 9.17) is 14.7 Å². The van der Waals surface area contributed by atoms with Crippen molar-refractivity contribution in [3.05, 3.63) is 0 Å². The Labute approximate surface area is 81.2 Å². The van der Waals surface area contributed by atoms with Crippen molar-refractivity contribution in [3.8, 4) is 6.19 Å². The Kier molecular flexibility index (Phi) is 1.38. The Morgan fingerprint density at radius 1 is 1.64 bits per heavy atom. The van der Waals surface area contributed by atoms with Crippen LogP contribution in [0.1, 0.15) is 13.3 Å². The van der Waals surface area contributed by atoms with Crippen LogP contribution in [0, 0.1) is 11.5 Å². The molecule has 5 nitrogen and oxygen atoms in total. The summed E-state index contributed by atoms with van der Waals surface area (Å²) in [7, 11) is 0. The number of carbonyl (C=O) groups excluding carboxylic acids is 1. The summed E-state index contributed by atoms with van der Waals surface area (Å²) < 4.78 is 10.7. The highest BCUT2D eigenvalue weighted by Crippen LogP contribution is 2.51. The molecule has 0 saturated carbocycles. The minimum atomic E-state index is -0.271. The zero-order valence-electron chi connectivity index (χ0n) is 7.71. The molecule has 2 bridgehead atoms. The molecule has 0 aromatic carbocycles. The summed E-state index contributed by atoms with van der Waals surface area (Å²) in [4.78, 5) is 12.5. The molecule has 1 unspecified atom stereocenters. The minimum Gasteiger partial charge on any atom is -0.460 e. The number of carbonyl (C=O) groups is 1. The van der Waals surface area contributed by atoms with Gasteiger partial charge in [-0.05, 0) is 0 Å². The highest BCUT2D eigenvalue weighted by atomic mass is 16.6. The lowest BCUT2D eigenvalue weighted by atomic mass is 9.98. The van der Waals surface area contributed by atoms with Crippen LogP contribution in [0.5, 0.6) is 0 Å². The van der Waals surface area contributed by atoms with E-state index in [0.717, 1.165) is 6.42 Å². The molecule has 14 heavy (non-hydrogen) atoms. The smallest absolute Gasteiger partial charge is 0.302 e. The molecule has 0 spiro atoms. The van der Waals surface area contributed by atoms with E-state index in [0.29, 0.717) is 0 Å². The summed E-state index contributed by atoms with van der Waals surface area (Å²) in [6, 6.07) is 0.430. The minimum absolute atomic E-state index is 0.0754. The predicted octanol–water partition coefficient (Wildman–Crippen LogP) is -0.377. The average Bonchev–Trinajstić information content (AvgIpc) is 2.59. The van der Waals surface area contributed by atoms with Crippen LogP contribution in [0.15, 0.2) is 0 Å². The zero-order valence-corrected chi connectivity index (χ0v) is 7.71. The molecule has 3 aliphatic heterocycles. The summed E-state index contributed by atoms with van der Waals surface area (Å²) in [6.45, 7) is 1.40. The Balaban J connectivity index is 1.73. The van der Waals surface area contributed by atoms with E-state index < -0.39 is 0 Å². The normalized spacial score (nSPS) is 47.1. The van der Waals surface area contributed by atoms with E-state index in [1.165, 1.54) is 6.92 Å². The number of hydrogen-bond acceptors (Lipinski definition) is 5. The number of esters is 1. The van der Waals surface area contributed by atoms with Crippen LogP contribution in [0.4, 0.5) is 0 Å². The SMILES string of the molecule is CC(=O)OC1C[C@H]2O[C@@H]1[C@H]1[C@@H]2N1C#N. The maximum atomic E-state index is 10.8. The third-order valence-electron chi connectivity index (χ3n) is 3.22. The van der Waals surface area contributed by atoms with Crippen molar-refractivity contribution < 1.29 is 14.3 Å². The Morgan fingerprint density at radius 2 is 2.43 bits per heavy atom. The highest BCUT2D eigenvalue weighted by molar-refractivity contribution is 5.66. The third-order valence-corrected chi connectivity index (χ3v) is 3.22. The molecule has 3 aliphatic rings. The molecular formula is C9H10N2O3. The number of ether oxygens (including phenoxy) is 2. The number of nitrogens with zero attached hydrogens (tertiary/aromatic N) is 2. The van der Waals surface area contributed by atoms with E-state index >= 15 is 0 Å². The van der Waals surface area contributed by atoms with Gasteiger partial charge in [0, 0.05) is 13.3 Å². The van der Waals surface area contributed by atoms with Crippen molar-refractivity contribution >= 4 is 5.97 Å². The first-order valence-corrected chi connectivity index (χ1v) is 4.73. The number of fused-ring (bicyclic) bond motifs is 5. The van der Waals surface area contributed by atoms with Crippen molar-refractivity contribution in [1.82, 2.24) is 4.90 Å². The molecule has 5 atom stereocenters. The second-order valence-electron chi connectivity index (χ2n) is 4.01. The van der Waals surface area contributed by atoms with Gasteiger partial charge in [0.25, 0.3) is 0 Å². The molecule has 3 heterocycles. The van der Waals surface area contributed by atoms with Crippen LogP contribution in [-0.2, 0) is 14.3 Å².